The lowest BCUT2D eigenvalue weighted by Crippen LogP contribution is -2.23. The molecule has 1 atom stereocenters. The van der Waals surface area contributed by atoms with Gasteiger partial charge in [0.05, 0.1) is 11.6 Å². The number of hydrogen-bond donors (Lipinski definition) is 0. The first-order valence-corrected chi connectivity index (χ1v) is 6.73. The number of aromatic nitrogens is 5. The van der Waals surface area contributed by atoms with Crippen LogP contribution in [0.3, 0.4) is 0 Å². The lowest BCUT2D eigenvalue weighted by atomic mass is 10.00. The highest BCUT2D eigenvalue weighted by molar-refractivity contribution is 5.52. The van der Waals surface area contributed by atoms with Crippen molar-refractivity contribution in [3.8, 4) is 11.5 Å². The second kappa shape index (κ2) is 5.09. The van der Waals surface area contributed by atoms with E-state index in [1.54, 1.807) is 23.9 Å². The van der Waals surface area contributed by atoms with E-state index >= 15 is 0 Å². The Labute approximate surface area is 119 Å². The van der Waals surface area contributed by atoms with Crippen LogP contribution in [0.2, 0.25) is 0 Å². The summed E-state index contributed by atoms with van der Waals surface area (Å²) in [5, 5.41) is 8.12. The van der Waals surface area contributed by atoms with E-state index in [0.717, 1.165) is 0 Å². The van der Waals surface area contributed by atoms with Crippen molar-refractivity contribution in [2.75, 3.05) is 0 Å². The molecule has 2 aromatic heterocycles. The van der Waals surface area contributed by atoms with Gasteiger partial charge in [0.1, 0.15) is 11.5 Å². The van der Waals surface area contributed by atoms with E-state index in [2.05, 4.69) is 20.2 Å². The molecule has 5 nitrogen and oxygen atoms in total. The van der Waals surface area contributed by atoms with E-state index < -0.39 is 12.1 Å². The molecule has 0 N–H and O–H groups in total. The van der Waals surface area contributed by atoms with E-state index in [4.69, 9.17) is 0 Å². The summed E-state index contributed by atoms with van der Waals surface area (Å²) in [5.74, 6) is -0.199. The van der Waals surface area contributed by atoms with Crippen molar-refractivity contribution < 1.29 is 13.2 Å². The molecular weight excluding hydrogens is 283 g/mol. The van der Waals surface area contributed by atoms with Gasteiger partial charge in [0.25, 0.3) is 0 Å². The minimum atomic E-state index is -4.15. The third-order valence-corrected chi connectivity index (χ3v) is 3.80. The minimum Gasteiger partial charge on any atom is -0.310 e. The lowest BCUT2D eigenvalue weighted by molar-refractivity contribution is -0.177. The van der Waals surface area contributed by atoms with Crippen molar-refractivity contribution >= 4 is 0 Å². The second-order valence-corrected chi connectivity index (χ2v) is 5.15. The Kier molecular flexibility index (Phi) is 3.38. The molecule has 3 rings (SSSR count). The fraction of sp³-hybridized carbons (Fsp3) is 0.538. The van der Waals surface area contributed by atoms with Gasteiger partial charge in [-0.25, -0.2) is 4.98 Å². The summed E-state index contributed by atoms with van der Waals surface area (Å²) in [7, 11) is 0. The maximum absolute atomic E-state index is 12.9. The number of fused-ring (bicyclic) bond motifs is 1. The second-order valence-electron chi connectivity index (χ2n) is 5.15. The van der Waals surface area contributed by atoms with Crippen molar-refractivity contribution in [1.29, 1.82) is 0 Å². The minimum absolute atomic E-state index is 0.0425. The number of rotatable bonds is 1. The van der Waals surface area contributed by atoms with Crippen molar-refractivity contribution in [3.63, 3.8) is 0 Å². The summed E-state index contributed by atoms with van der Waals surface area (Å²) >= 11 is 0. The fourth-order valence-corrected chi connectivity index (χ4v) is 2.62. The van der Waals surface area contributed by atoms with E-state index in [9.17, 15) is 13.2 Å². The third kappa shape index (κ3) is 2.62. The summed E-state index contributed by atoms with van der Waals surface area (Å²) < 4.78 is 40.4. The Hall–Kier alpha value is -1.99. The molecule has 0 bridgehead atoms. The number of alkyl halides is 3. The SMILES string of the molecule is Cc1nccnc1-c1nnc2n1CCC(C(F)(F)F)CC2. The van der Waals surface area contributed by atoms with Crippen LogP contribution in [0.4, 0.5) is 13.2 Å². The zero-order valence-corrected chi connectivity index (χ0v) is 11.4. The van der Waals surface area contributed by atoms with Crippen LogP contribution in [0, 0.1) is 12.8 Å². The van der Waals surface area contributed by atoms with Crippen LogP contribution in [0.5, 0.6) is 0 Å². The van der Waals surface area contributed by atoms with Crippen molar-refractivity contribution in [2.45, 2.75) is 38.9 Å². The maximum atomic E-state index is 12.9. The van der Waals surface area contributed by atoms with Gasteiger partial charge in [0, 0.05) is 25.4 Å². The Balaban J connectivity index is 1.94. The van der Waals surface area contributed by atoms with Gasteiger partial charge in [-0.3, -0.25) is 4.98 Å². The van der Waals surface area contributed by atoms with Crippen LogP contribution in [0.25, 0.3) is 11.5 Å². The van der Waals surface area contributed by atoms with Crippen LogP contribution in [-0.4, -0.2) is 30.9 Å². The van der Waals surface area contributed by atoms with Crippen molar-refractivity contribution in [3.05, 3.63) is 23.9 Å². The van der Waals surface area contributed by atoms with Crippen LogP contribution in [0.15, 0.2) is 12.4 Å². The van der Waals surface area contributed by atoms with Crippen LogP contribution < -0.4 is 0 Å². The van der Waals surface area contributed by atoms with Gasteiger partial charge >= 0.3 is 6.18 Å². The molecule has 1 unspecified atom stereocenters. The third-order valence-electron chi connectivity index (χ3n) is 3.80. The summed E-state index contributed by atoms with van der Waals surface area (Å²) in [6.45, 7) is 2.04. The molecule has 0 radical (unpaired) electrons. The summed E-state index contributed by atoms with van der Waals surface area (Å²) in [5.41, 5.74) is 1.26. The molecule has 2 aromatic rings. The number of hydrogen-bond acceptors (Lipinski definition) is 4. The monoisotopic (exact) mass is 297 g/mol. The molecule has 1 aliphatic heterocycles. The molecule has 0 spiro atoms. The van der Waals surface area contributed by atoms with E-state index in [-0.39, 0.29) is 25.8 Å². The molecule has 0 aliphatic carbocycles. The van der Waals surface area contributed by atoms with Gasteiger partial charge < -0.3 is 4.57 Å². The zero-order valence-electron chi connectivity index (χ0n) is 11.4. The molecule has 21 heavy (non-hydrogen) atoms. The number of nitrogens with zero attached hydrogens (tertiary/aromatic N) is 5. The molecule has 0 amide bonds. The predicted molar refractivity (Wildman–Crippen MR) is 68.3 cm³/mol. The van der Waals surface area contributed by atoms with Gasteiger partial charge in [0.2, 0.25) is 0 Å². The average molecular weight is 297 g/mol. The van der Waals surface area contributed by atoms with Crippen molar-refractivity contribution in [2.24, 2.45) is 5.92 Å². The Morgan fingerprint density at radius 3 is 2.62 bits per heavy atom. The standard InChI is InChI=1S/C13H14F3N5/c1-8-11(18-6-5-17-8)12-20-19-10-3-2-9(13(14,15)16)4-7-21(10)12/h5-6,9H,2-4,7H2,1H3. The van der Waals surface area contributed by atoms with Crippen LogP contribution in [0.1, 0.15) is 24.4 Å². The van der Waals surface area contributed by atoms with Gasteiger partial charge in [-0.05, 0) is 19.8 Å². The molecule has 0 saturated heterocycles. The summed E-state index contributed by atoms with van der Waals surface area (Å²) in [4.78, 5) is 8.36. The fourth-order valence-electron chi connectivity index (χ4n) is 2.62. The van der Waals surface area contributed by atoms with Crippen LogP contribution in [-0.2, 0) is 13.0 Å². The topological polar surface area (TPSA) is 56.5 Å². The average Bonchev–Trinajstić information content (AvgIpc) is 2.68. The Morgan fingerprint density at radius 1 is 1.14 bits per heavy atom. The van der Waals surface area contributed by atoms with E-state index in [1.807, 2.05) is 0 Å². The first-order chi connectivity index (χ1) is 9.97. The quantitative estimate of drug-likeness (QED) is 0.811. The molecular formula is C13H14F3N5. The maximum Gasteiger partial charge on any atom is 0.391 e. The highest BCUT2D eigenvalue weighted by atomic mass is 19.4. The Bertz CT molecular complexity index is 649. The largest absolute Gasteiger partial charge is 0.391 e. The molecule has 0 fully saturated rings. The normalized spacial score (nSPS) is 19.1. The highest BCUT2D eigenvalue weighted by Gasteiger charge is 2.40. The molecule has 112 valence electrons. The first-order valence-electron chi connectivity index (χ1n) is 6.73. The van der Waals surface area contributed by atoms with Crippen molar-refractivity contribution in [1.82, 2.24) is 24.7 Å². The van der Waals surface area contributed by atoms with E-state index in [0.29, 0.717) is 23.0 Å². The summed E-state index contributed by atoms with van der Waals surface area (Å²) in [6.07, 6.45) is -0.671. The van der Waals surface area contributed by atoms with Gasteiger partial charge in [-0.15, -0.1) is 10.2 Å². The molecule has 0 saturated carbocycles. The van der Waals surface area contributed by atoms with E-state index in [1.165, 1.54) is 0 Å². The molecule has 0 aromatic carbocycles. The molecule has 3 heterocycles. The predicted octanol–water partition coefficient (Wildman–Crippen LogP) is 2.56. The Morgan fingerprint density at radius 2 is 1.90 bits per heavy atom. The smallest absolute Gasteiger partial charge is 0.310 e. The van der Waals surface area contributed by atoms with Gasteiger partial charge in [0.15, 0.2) is 5.82 Å². The highest BCUT2D eigenvalue weighted by Crippen LogP contribution is 2.35. The lowest BCUT2D eigenvalue weighted by Gasteiger charge is -2.17. The first kappa shape index (κ1) is 14.0. The van der Waals surface area contributed by atoms with Crippen LogP contribution >= 0.6 is 0 Å². The van der Waals surface area contributed by atoms with Gasteiger partial charge in [-0.1, -0.05) is 0 Å². The molecule has 1 aliphatic rings. The number of halogens is 3. The molecule has 8 heteroatoms. The number of aryl methyl sites for hydroxylation is 2. The van der Waals surface area contributed by atoms with Gasteiger partial charge in [-0.2, -0.15) is 13.2 Å². The summed E-state index contributed by atoms with van der Waals surface area (Å²) in [6, 6.07) is 0. The zero-order chi connectivity index (χ0) is 15.0.